The lowest BCUT2D eigenvalue weighted by Crippen LogP contribution is -2.39. The summed E-state index contributed by atoms with van der Waals surface area (Å²) in [6.07, 6.45) is 4.93. The molecule has 3 atom stereocenters. The third kappa shape index (κ3) is 4.43. The number of aliphatic carboxylic acids is 1. The van der Waals surface area contributed by atoms with E-state index in [9.17, 15) is 14.7 Å². The Morgan fingerprint density at radius 3 is 2.48 bits per heavy atom. The molecule has 0 spiro atoms. The van der Waals surface area contributed by atoms with Gasteiger partial charge in [0.05, 0.1) is 11.5 Å². The smallest absolute Gasteiger partial charge is 0.451 e. The molecule has 0 aromatic heterocycles. The van der Waals surface area contributed by atoms with E-state index in [2.05, 4.69) is 0 Å². The largest absolute Gasteiger partial charge is 0.481 e. The number of nitrogens with two attached hydrogens (primary N) is 1. The summed E-state index contributed by atoms with van der Waals surface area (Å²) in [7, 11) is -1.42. The molecule has 2 aliphatic carbocycles. The van der Waals surface area contributed by atoms with Crippen LogP contribution >= 0.6 is 0 Å². The van der Waals surface area contributed by atoms with Gasteiger partial charge in [-0.3, -0.25) is 9.59 Å². The zero-order valence-electron chi connectivity index (χ0n) is 18.4. The quantitative estimate of drug-likeness (QED) is 0.421. The fourth-order valence-corrected chi connectivity index (χ4v) is 5.44. The van der Waals surface area contributed by atoms with E-state index in [1.165, 1.54) is 6.07 Å². The molecule has 0 bridgehead atoms. The highest BCUT2D eigenvalue weighted by Gasteiger charge is 2.50. The van der Waals surface area contributed by atoms with Gasteiger partial charge in [-0.15, -0.1) is 0 Å². The Labute approximate surface area is 183 Å². The number of carbonyl (C=O) groups is 2. The maximum absolute atomic E-state index is 15.3. The summed E-state index contributed by atoms with van der Waals surface area (Å²) in [4.78, 5) is 24.4. The molecular formula is C23H33BFNO5. The molecule has 0 heterocycles. The molecule has 1 saturated carbocycles. The lowest BCUT2D eigenvalue weighted by molar-refractivity contribution is -0.145. The highest BCUT2D eigenvalue weighted by molar-refractivity contribution is 6.40. The minimum Gasteiger partial charge on any atom is -0.481 e. The number of fused-ring (bicyclic) bond motifs is 1. The fraction of sp³-hybridized carbons (Fsp3) is 0.652. The average molecular weight is 433 g/mol. The number of carbonyl (C=O) groups excluding carboxylic acids is 1. The molecule has 170 valence electrons. The van der Waals surface area contributed by atoms with Crippen molar-refractivity contribution < 1.29 is 29.1 Å². The molecule has 1 fully saturated rings. The number of carboxylic acid groups (broad SMARTS) is 1. The highest BCUT2D eigenvalue weighted by Crippen LogP contribution is 2.52. The van der Waals surface area contributed by atoms with Crippen molar-refractivity contribution in [3.63, 3.8) is 0 Å². The molecule has 0 amide bonds. The maximum Gasteiger partial charge on any atom is 0.451 e. The third-order valence-electron chi connectivity index (χ3n) is 7.73. The summed E-state index contributed by atoms with van der Waals surface area (Å²) in [5.41, 5.74) is 5.97. The Bertz CT molecular complexity index is 855. The second-order valence-electron chi connectivity index (χ2n) is 9.70. The number of Topliss-reactive ketones (excluding diaryl/α,β-unsaturated/α-hetero) is 1. The van der Waals surface area contributed by atoms with Crippen molar-refractivity contribution in [2.75, 3.05) is 0 Å². The molecule has 6 nitrogen and oxygen atoms in total. The molecule has 31 heavy (non-hydrogen) atoms. The predicted molar refractivity (Wildman–Crippen MR) is 116 cm³/mol. The van der Waals surface area contributed by atoms with Gasteiger partial charge in [-0.2, -0.15) is 0 Å². The van der Waals surface area contributed by atoms with Crippen molar-refractivity contribution in [3.05, 3.63) is 34.6 Å². The van der Waals surface area contributed by atoms with E-state index in [1.807, 2.05) is 0 Å². The minimum absolute atomic E-state index is 0.0469. The molecule has 8 heteroatoms. The molecule has 0 aliphatic heterocycles. The van der Waals surface area contributed by atoms with E-state index >= 15 is 4.39 Å². The van der Waals surface area contributed by atoms with E-state index in [4.69, 9.17) is 15.8 Å². The topological polar surface area (TPSA) is 121 Å². The van der Waals surface area contributed by atoms with Crippen molar-refractivity contribution in [1.82, 2.24) is 0 Å². The SMILES string of the molecule is C[C@H](N)C(=O)CCC1(c2cc3c(cc2F)C[C@H](CCCB(O)O)[C@]3(C)C(=O)O)CCC1. The zero-order chi connectivity index (χ0) is 23.0. The average Bonchev–Trinajstić information content (AvgIpc) is 2.93. The van der Waals surface area contributed by atoms with E-state index in [-0.39, 0.29) is 30.3 Å². The maximum atomic E-state index is 15.3. The van der Waals surface area contributed by atoms with Crippen LogP contribution in [0.3, 0.4) is 0 Å². The highest BCUT2D eigenvalue weighted by atomic mass is 19.1. The van der Waals surface area contributed by atoms with Crippen molar-refractivity contribution in [1.29, 1.82) is 0 Å². The van der Waals surface area contributed by atoms with Crippen LogP contribution in [0.2, 0.25) is 6.32 Å². The van der Waals surface area contributed by atoms with Gasteiger partial charge < -0.3 is 20.9 Å². The second kappa shape index (κ2) is 9.00. The van der Waals surface area contributed by atoms with Gasteiger partial charge >= 0.3 is 13.1 Å². The van der Waals surface area contributed by atoms with Crippen LogP contribution in [0.5, 0.6) is 0 Å². The molecule has 5 N–H and O–H groups in total. The summed E-state index contributed by atoms with van der Waals surface area (Å²) in [6.45, 7) is 3.34. The van der Waals surface area contributed by atoms with E-state index in [0.717, 1.165) is 19.3 Å². The first-order valence-corrected chi connectivity index (χ1v) is 11.2. The van der Waals surface area contributed by atoms with E-state index in [0.29, 0.717) is 42.4 Å². The third-order valence-corrected chi connectivity index (χ3v) is 7.73. The Balaban J connectivity index is 1.92. The minimum atomic E-state index is -1.42. The summed E-state index contributed by atoms with van der Waals surface area (Å²) in [6, 6.07) is 2.69. The second-order valence-corrected chi connectivity index (χ2v) is 9.70. The van der Waals surface area contributed by atoms with Gasteiger partial charge in [0.1, 0.15) is 11.6 Å². The van der Waals surface area contributed by atoms with Crippen LogP contribution in [-0.4, -0.2) is 40.1 Å². The summed E-state index contributed by atoms with van der Waals surface area (Å²) in [5, 5.41) is 28.4. The Morgan fingerprint density at radius 2 is 1.97 bits per heavy atom. The number of carboxylic acids is 1. The summed E-state index contributed by atoms with van der Waals surface area (Å²) in [5.74, 6) is -1.57. The van der Waals surface area contributed by atoms with Crippen LogP contribution in [0.1, 0.15) is 75.5 Å². The Morgan fingerprint density at radius 1 is 1.29 bits per heavy atom. The van der Waals surface area contributed by atoms with Gasteiger partial charge in [-0.25, -0.2) is 4.39 Å². The van der Waals surface area contributed by atoms with Crippen LogP contribution in [0.25, 0.3) is 0 Å². The molecule has 2 aliphatic rings. The van der Waals surface area contributed by atoms with Crippen molar-refractivity contribution in [2.24, 2.45) is 11.7 Å². The van der Waals surface area contributed by atoms with Crippen LogP contribution in [0, 0.1) is 11.7 Å². The number of halogens is 1. The Kier molecular flexibility index (Phi) is 6.94. The summed E-state index contributed by atoms with van der Waals surface area (Å²) < 4.78 is 15.3. The molecule has 0 saturated heterocycles. The molecule has 0 unspecified atom stereocenters. The van der Waals surface area contributed by atoms with Gasteiger partial charge in [-0.05, 0) is 86.4 Å². The lowest BCUT2D eigenvalue weighted by Gasteiger charge is -2.43. The number of ketones is 1. The standard InChI is InChI=1S/C23H33BFNO5/c1-14(26)20(27)6-9-23(7-4-8-23)18-13-17-15(12-19(18)25)11-16(5-3-10-24(30)31)22(17,2)21(28)29/h12-14,16,30-31H,3-11,26H2,1-2H3,(H,28,29)/t14-,16-,22-/m0/s1. The zero-order valence-corrected chi connectivity index (χ0v) is 18.4. The molecular weight excluding hydrogens is 400 g/mol. The van der Waals surface area contributed by atoms with E-state index in [1.54, 1.807) is 19.9 Å². The first-order valence-electron chi connectivity index (χ1n) is 11.2. The van der Waals surface area contributed by atoms with Gasteiger partial charge in [-0.1, -0.05) is 18.9 Å². The first-order chi connectivity index (χ1) is 14.5. The van der Waals surface area contributed by atoms with Gasteiger partial charge in [0.15, 0.2) is 0 Å². The Hall–Kier alpha value is -1.77. The lowest BCUT2D eigenvalue weighted by atomic mass is 9.61. The van der Waals surface area contributed by atoms with Crippen molar-refractivity contribution in [2.45, 2.75) is 88.4 Å². The number of hydrogen-bond donors (Lipinski definition) is 4. The van der Waals surface area contributed by atoms with Crippen LogP contribution in [0.15, 0.2) is 12.1 Å². The van der Waals surface area contributed by atoms with Crippen molar-refractivity contribution in [3.8, 4) is 0 Å². The molecule has 1 aromatic rings. The number of rotatable bonds is 10. The van der Waals surface area contributed by atoms with Crippen LogP contribution < -0.4 is 5.73 Å². The molecule has 3 rings (SSSR count). The van der Waals surface area contributed by atoms with Crippen LogP contribution in [-0.2, 0) is 26.8 Å². The predicted octanol–water partition coefficient (Wildman–Crippen LogP) is 2.71. The number of hydrogen-bond acceptors (Lipinski definition) is 5. The van der Waals surface area contributed by atoms with E-state index < -0.39 is 30.0 Å². The first kappa shape index (κ1) is 23.9. The monoisotopic (exact) mass is 433 g/mol. The normalized spacial score (nSPS) is 24.9. The molecule has 0 radical (unpaired) electrons. The van der Waals surface area contributed by atoms with Crippen LogP contribution in [0.4, 0.5) is 4.39 Å². The van der Waals surface area contributed by atoms with Crippen molar-refractivity contribution >= 4 is 18.9 Å². The van der Waals surface area contributed by atoms with Gasteiger partial charge in [0.25, 0.3) is 0 Å². The summed E-state index contributed by atoms with van der Waals surface area (Å²) >= 11 is 0. The van der Waals surface area contributed by atoms with Gasteiger partial charge in [0, 0.05) is 6.42 Å². The molecule has 1 aromatic carbocycles. The van der Waals surface area contributed by atoms with Gasteiger partial charge in [0.2, 0.25) is 0 Å². The number of benzene rings is 1. The fourth-order valence-electron chi connectivity index (χ4n) is 5.44.